The fourth-order valence-electron chi connectivity index (χ4n) is 2.52. The number of hydrogen-bond acceptors (Lipinski definition) is 2. The fourth-order valence-corrected chi connectivity index (χ4v) is 3.25. The first-order valence-electron chi connectivity index (χ1n) is 5.43. The zero-order valence-corrected chi connectivity index (χ0v) is 10.5. The van der Waals surface area contributed by atoms with Crippen LogP contribution in [0.5, 0.6) is 0 Å². The maximum absolute atomic E-state index is 2.73. The molecule has 3 aliphatic heterocycles. The van der Waals surface area contributed by atoms with Crippen molar-refractivity contribution in [1.82, 2.24) is 9.80 Å². The quantitative estimate of drug-likeness (QED) is 0.436. The number of alkyl halides is 1. The van der Waals surface area contributed by atoms with Crippen LogP contribution in [0.15, 0.2) is 0 Å². The summed E-state index contributed by atoms with van der Waals surface area (Å²) in [4.78, 5) is 5.35. The fraction of sp³-hybridized carbons (Fsp3) is 1.00. The van der Waals surface area contributed by atoms with Crippen molar-refractivity contribution in [2.45, 2.75) is 36.3 Å². The Bertz CT molecular complexity index is 166. The van der Waals surface area contributed by atoms with E-state index in [1.54, 1.807) is 0 Å². The highest BCUT2D eigenvalue weighted by molar-refractivity contribution is 14.1. The Labute approximate surface area is 94.8 Å². The van der Waals surface area contributed by atoms with Crippen LogP contribution in [0, 0.1) is 0 Å². The topological polar surface area (TPSA) is 6.48 Å². The number of hydrogen-bond donors (Lipinski definition) is 0. The molecule has 0 saturated carbocycles. The summed E-state index contributed by atoms with van der Waals surface area (Å²) in [7, 11) is 0. The van der Waals surface area contributed by atoms with E-state index in [1.165, 1.54) is 45.4 Å². The minimum atomic E-state index is 0.764. The van der Waals surface area contributed by atoms with Crippen molar-refractivity contribution in [2.24, 2.45) is 0 Å². The van der Waals surface area contributed by atoms with Crippen LogP contribution in [-0.4, -0.2) is 46.1 Å². The van der Waals surface area contributed by atoms with Crippen molar-refractivity contribution >= 4 is 22.6 Å². The Balaban J connectivity index is 2.02. The van der Waals surface area contributed by atoms with Crippen LogP contribution in [0.25, 0.3) is 0 Å². The van der Waals surface area contributed by atoms with Gasteiger partial charge in [-0.3, -0.25) is 4.90 Å². The van der Waals surface area contributed by atoms with E-state index in [0.717, 1.165) is 10.1 Å². The molecular weight excluding hydrogens is 275 g/mol. The highest BCUT2D eigenvalue weighted by Gasteiger charge is 2.31. The Morgan fingerprint density at radius 1 is 1.23 bits per heavy atom. The third-order valence-electron chi connectivity index (χ3n) is 3.40. The van der Waals surface area contributed by atoms with E-state index in [9.17, 15) is 0 Å². The van der Waals surface area contributed by atoms with Crippen molar-refractivity contribution in [3.63, 3.8) is 0 Å². The van der Waals surface area contributed by atoms with E-state index in [-0.39, 0.29) is 0 Å². The molecule has 3 fully saturated rings. The molecule has 3 aliphatic rings. The van der Waals surface area contributed by atoms with Crippen LogP contribution in [-0.2, 0) is 0 Å². The molecule has 3 heterocycles. The van der Waals surface area contributed by atoms with Crippen LogP contribution in [0.4, 0.5) is 0 Å². The van der Waals surface area contributed by atoms with E-state index in [1.807, 2.05) is 0 Å². The molecule has 13 heavy (non-hydrogen) atoms. The second-order valence-electron chi connectivity index (χ2n) is 4.15. The number of nitrogens with zero attached hydrogens (tertiary/aromatic N) is 2. The molecule has 0 spiro atoms. The first-order chi connectivity index (χ1) is 6.31. The monoisotopic (exact) mass is 294 g/mol. The van der Waals surface area contributed by atoms with Crippen LogP contribution in [0.1, 0.15) is 26.2 Å². The molecule has 3 saturated heterocycles. The predicted molar refractivity (Wildman–Crippen MR) is 64.3 cm³/mol. The molecule has 0 aromatic carbocycles. The van der Waals surface area contributed by atoms with Gasteiger partial charge in [0.2, 0.25) is 0 Å². The van der Waals surface area contributed by atoms with Crippen molar-refractivity contribution in [2.75, 3.05) is 26.2 Å². The number of halogens is 1. The zero-order chi connectivity index (χ0) is 9.26. The van der Waals surface area contributed by atoms with Gasteiger partial charge in [0, 0.05) is 19.1 Å². The van der Waals surface area contributed by atoms with Gasteiger partial charge >= 0.3 is 0 Å². The van der Waals surface area contributed by atoms with Crippen LogP contribution in [0.3, 0.4) is 0 Å². The number of rotatable bonds is 2. The summed E-state index contributed by atoms with van der Waals surface area (Å²) in [6.45, 7) is 7.58. The summed E-state index contributed by atoms with van der Waals surface area (Å²) in [6.07, 6.45) is 4.09. The Morgan fingerprint density at radius 3 is 2.54 bits per heavy atom. The van der Waals surface area contributed by atoms with Gasteiger partial charge in [0.1, 0.15) is 0 Å². The van der Waals surface area contributed by atoms with Crippen LogP contribution >= 0.6 is 22.6 Å². The summed E-state index contributed by atoms with van der Waals surface area (Å²) in [6, 6.07) is 0.889. The van der Waals surface area contributed by atoms with Gasteiger partial charge in [0.15, 0.2) is 0 Å². The summed E-state index contributed by atoms with van der Waals surface area (Å²) in [5.74, 6) is 0. The Morgan fingerprint density at radius 2 is 1.92 bits per heavy atom. The molecular formula is C10H19IN2. The second-order valence-corrected chi connectivity index (χ2v) is 5.59. The van der Waals surface area contributed by atoms with Gasteiger partial charge in [-0.25, -0.2) is 0 Å². The van der Waals surface area contributed by atoms with Crippen molar-refractivity contribution in [3.8, 4) is 0 Å². The van der Waals surface area contributed by atoms with Gasteiger partial charge in [-0.15, -0.1) is 0 Å². The molecule has 1 unspecified atom stereocenters. The van der Waals surface area contributed by atoms with E-state index in [2.05, 4.69) is 39.3 Å². The molecule has 0 aromatic rings. The third-order valence-corrected chi connectivity index (χ3v) is 4.99. The molecule has 0 radical (unpaired) electrons. The normalized spacial score (nSPS) is 37.4. The van der Waals surface area contributed by atoms with Crippen molar-refractivity contribution in [3.05, 3.63) is 0 Å². The van der Waals surface area contributed by atoms with Crippen molar-refractivity contribution in [1.29, 1.82) is 0 Å². The minimum absolute atomic E-state index is 0.764. The second kappa shape index (κ2) is 4.45. The maximum Gasteiger partial charge on any atom is 0.0618 e. The van der Waals surface area contributed by atoms with Gasteiger partial charge in [-0.2, -0.15) is 0 Å². The molecule has 3 heteroatoms. The third kappa shape index (κ3) is 2.18. The maximum atomic E-state index is 2.73. The summed E-state index contributed by atoms with van der Waals surface area (Å²) >= 11 is 2.61. The number of fused-ring (bicyclic) bond motifs is 4. The smallest absolute Gasteiger partial charge is 0.0618 e. The van der Waals surface area contributed by atoms with Gasteiger partial charge in [-0.05, 0) is 32.4 Å². The highest BCUT2D eigenvalue weighted by Crippen LogP contribution is 2.26. The lowest BCUT2D eigenvalue weighted by Gasteiger charge is -2.34. The molecule has 2 bridgehead atoms. The zero-order valence-electron chi connectivity index (χ0n) is 8.38. The minimum Gasteiger partial charge on any atom is -0.302 e. The van der Waals surface area contributed by atoms with Gasteiger partial charge in [-0.1, -0.05) is 29.5 Å². The predicted octanol–water partition coefficient (Wildman–Crippen LogP) is 1.94. The molecule has 0 aliphatic carbocycles. The van der Waals surface area contributed by atoms with Gasteiger partial charge < -0.3 is 4.90 Å². The van der Waals surface area contributed by atoms with E-state index >= 15 is 0 Å². The average molecular weight is 294 g/mol. The summed E-state index contributed by atoms with van der Waals surface area (Å²) < 4.78 is 0.764. The lowest BCUT2D eigenvalue weighted by atomic mass is 10.1. The summed E-state index contributed by atoms with van der Waals surface area (Å²) in [5, 5.41) is 0. The SMILES string of the molecule is CCC(I)N1CCN2CCC1CC2. The van der Waals surface area contributed by atoms with E-state index < -0.39 is 0 Å². The largest absolute Gasteiger partial charge is 0.302 e. The molecule has 0 amide bonds. The van der Waals surface area contributed by atoms with Crippen LogP contribution < -0.4 is 0 Å². The number of piperidine rings is 1. The summed E-state index contributed by atoms with van der Waals surface area (Å²) in [5.41, 5.74) is 0. The molecule has 0 N–H and O–H groups in total. The van der Waals surface area contributed by atoms with E-state index in [4.69, 9.17) is 0 Å². The lowest BCUT2D eigenvalue weighted by Crippen LogP contribution is -2.41. The van der Waals surface area contributed by atoms with Gasteiger partial charge in [0.05, 0.1) is 4.05 Å². The van der Waals surface area contributed by atoms with Crippen LogP contribution in [0.2, 0.25) is 0 Å². The first-order valence-corrected chi connectivity index (χ1v) is 6.68. The highest BCUT2D eigenvalue weighted by atomic mass is 127. The molecule has 76 valence electrons. The molecule has 2 nitrogen and oxygen atoms in total. The average Bonchev–Trinajstić information content (AvgIpc) is 2.49. The molecule has 1 atom stereocenters. The van der Waals surface area contributed by atoms with E-state index in [0.29, 0.717) is 0 Å². The van der Waals surface area contributed by atoms with Crippen molar-refractivity contribution < 1.29 is 0 Å². The Hall–Kier alpha value is 0.650. The molecule has 0 aromatic heterocycles. The molecule has 3 rings (SSSR count). The van der Waals surface area contributed by atoms with Gasteiger partial charge in [0.25, 0.3) is 0 Å². The first kappa shape index (κ1) is 10.2. The standard InChI is InChI=1S/C10H19IN2/c1-2-10(11)13-8-7-12-5-3-9(13)4-6-12/h9-10H,2-8H2,1H3. The lowest BCUT2D eigenvalue weighted by molar-refractivity contribution is 0.176. The Kier molecular flexibility index (Phi) is 3.48.